The van der Waals surface area contributed by atoms with E-state index in [2.05, 4.69) is 10.1 Å². The molecule has 0 bridgehead atoms. The number of alkyl halides is 3. The highest BCUT2D eigenvalue weighted by molar-refractivity contribution is 5.64. The molecule has 3 aromatic rings. The molecule has 2 heterocycles. The molecule has 0 radical (unpaired) electrons. The number of aromatic nitrogens is 3. The van der Waals surface area contributed by atoms with E-state index in [4.69, 9.17) is 0 Å². The molecule has 0 atom stereocenters. The number of pyridine rings is 1. The van der Waals surface area contributed by atoms with E-state index in [0.29, 0.717) is 5.65 Å². The molecule has 2 aromatic heterocycles. The molecular weight excluding hydrogens is 267 g/mol. The van der Waals surface area contributed by atoms with Crippen molar-refractivity contribution in [3.05, 3.63) is 53.7 Å². The average Bonchev–Trinajstić information content (AvgIpc) is 2.83. The highest BCUT2D eigenvalue weighted by Crippen LogP contribution is 2.35. The predicted molar refractivity (Wildman–Crippen MR) is 68.2 cm³/mol. The first-order valence-electron chi connectivity index (χ1n) is 5.95. The lowest BCUT2D eigenvalue weighted by Gasteiger charge is -2.09. The van der Waals surface area contributed by atoms with E-state index in [1.807, 2.05) is 13.0 Å². The molecule has 0 N–H and O–H groups in total. The van der Waals surface area contributed by atoms with Gasteiger partial charge in [-0.3, -0.25) is 0 Å². The van der Waals surface area contributed by atoms with Crippen LogP contribution in [-0.2, 0) is 6.18 Å². The zero-order valence-corrected chi connectivity index (χ0v) is 10.5. The van der Waals surface area contributed by atoms with Gasteiger partial charge in [-0.25, -0.2) is 9.50 Å². The third kappa shape index (κ3) is 2.03. The molecule has 0 amide bonds. The van der Waals surface area contributed by atoms with Crippen LogP contribution >= 0.6 is 0 Å². The van der Waals surface area contributed by atoms with Crippen LogP contribution in [-0.4, -0.2) is 14.6 Å². The lowest BCUT2D eigenvalue weighted by molar-refractivity contribution is -0.137. The summed E-state index contributed by atoms with van der Waals surface area (Å²) in [5, 5.41) is 4.12. The van der Waals surface area contributed by atoms with E-state index in [0.717, 1.165) is 11.6 Å². The van der Waals surface area contributed by atoms with Crippen LogP contribution in [0.4, 0.5) is 13.2 Å². The van der Waals surface area contributed by atoms with Crippen LogP contribution in [0.25, 0.3) is 17.0 Å². The number of nitrogens with zero attached hydrogens (tertiary/aromatic N) is 3. The fraction of sp³-hybridized carbons (Fsp3) is 0.143. The number of aryl methyl sites for hydroxylation is 1. The quantitative estimate of drug-likeness (QED) is 0.678. The highest BCUT2D eigenvalue weighted by atomic mass is 19.4. The molecule has 0 unspecified atom stereocenters. The third-order valence-electron chi connectivity index (χ3n) is 3.03. The van der Waals surface area contributed by atoms with Crippen molar-refractivity contribution in [1.82, 2.24) is 14.6 Å². The summed E-state index contributed by atoms with van der Waals surface area (Å²) < 4.78 is 40.5. The second-order valence-electron chi connectivity index (χ2n) is 4.44. The Bertz CT molecular complexity index is 775. The van der Waals surface area contributed by atoms with Gasteiger partial charge < -0.3 is 0 Å². The maximum absolute atomic E-state index is 13.0. The number of fused-ring (bicyclic) bond motifs is 1. The van der Waals surface area contributed by atoms with E-state index >= 15 is 0 Å². The number of halogens is 3. The Labute approximate surface area is 112 Å². The largest absolute Gasteiger partial charge is 0.417 e. The first-order valence-corrected chi connectivity index (χ1v) is 5.95. The van der Waals surface area contributed by atoms with Crippen LogP contribution in [0.2, 0.25) is 0 Å². The van der Waals surface area contributed by atoms with Crippen molar-refractivity contribution in [1.29, 1.82) is 0 Å². The standard InChI is InChI=1S/C14H10F3N3/c1-9-5-4-8-20-13(9)18-12(19-20)10-6-2-3-7-11(10)14(15,16)17/h2-8H,1H3. The predicted octanol–water partition coefficient (Wildman–Crippen LogP) is 3.72. The fourth-order valence-electron chi connectivity index (χ4n) is 2.08. The van der Waals surface area contributed by atoms with Gasteiger partial charge in [0.05, 0.1) is 5.56 Å². The summed E-state index contributed by atoms with van der Waals surface area (Å²) in [6.45, 7) is 1.84. The summed E-state index contributed by atoms with van der Waals surface area (Å²) in [6, 6.07) is 8.93. The summed E-state index contributed by atoms with van der Waals surface area (Å²) in [6.07, 6.45) is -2.77. The monoisotopic (exact) mass is 277 g/mol. The number of benzene rings is 1. The first kappa shape index (κ1) is 12.7. The fourth-order valence-corrected chi connectivity index (χ4v) is 2.08. The Kier molecular flexibility index (Phi) is 2.74. The number of hydrogen-bond donors (Lipinski definition) is 0. The van der Waals surface area contributed by atoms with E-state index in [1.54, 1.807) is 18.3 Å². The van der Waals surface area contributed by atoms with Crippen LogP contribution < -0.4 is 0 Å². The lowest BCUT2D eigenvalue weighted by Crippen LogP contribution is -2.07. The van der Waals surface area contributed by atoms with Gasteiger partial charge >= 0.3 is 6.18 Å². The smallest absolute Gasteiger partial charge is 0.220 e. The summed E-state index contributed by atoms with van der Waals surface area (Å²) in [5.41, 5.74) is 0.673. The van der Waals surface area contributed by atoms with Crippen molar-refractivity contribution >= 4 is 5.65 Å². The molecular formula is C14H10F3N3. The van der Waals surface area contributed by atoms with Crippen molar-refractivity contribution in [2.45, 2.75) is 13.1 Å². The normalized spacial score (nSPS) is 12.0. The molecule has 0 saturated heterocycles. The molecule has 3 nitrogen and oxygen atoms in total. The van der Waals surface area contributed by atoms with Gasteiger partial charge in [0, 0.05) is 11.8 Å². The summed E-state index contributed by atoms with van der Waals surface area (Å²) >= 11 is 0. The van der Waals surface area contributed by atoms with Crippen LogP contribution in [0.15, 0.2) is 42.6 Å². The highest BCUT2D eigenvalue weighted by Gasteiger charge is 2.34. The first-order chi connectivity index (χ1) is 9.47. The molecule has 6 heteroatoms. The van der Waals surface area contributed by atoms with Crippen molar-refractivity contribution in [2.24, 2.45) is 0 Å². The van der Waals surface area contributed by atoms with E-state index in [9.17, 15) is 13.2 Å². The van der Waals surface area contributed by atoms with Crippen LogP contribution in [0.3, 0.4) is 0 Å². The summed E-state index contributed by atoms with van der Waals surface area (Å²) in [7, 11) is 0. The van der Waals surface area contributed by atoms with E-state index < -0.39 is 11.7 Å². The molecule has 0 saturated carbocycles. The maximum atomic E-state index is 13.0. The van der Waals surface area contributed by atoms with Gasteiger partial charge in [0.1, 0.15) is 0 Å². The van der Waals surface area contributed by atoms with Crippen molar-refractivity contribution in [3.8, 4) is 11.4 Å². The minimum atomic E-state index is -4.43. The molecule has 0 aliphatic rings. The molecule has 1 aromatic carbocycles. The zero-order chi connectivity index (χ0) is 14.3. The Balaban J connectivity index is 2.24. The third-order valence-corrected chi connectivity index (χ3v) is 3.03. The molecule has 0 aliphatic heterocycles. The minimum Gasteiger partial charge on any atom is -0.220 e. The molecule has 3 rings (SSSR count). The second-order valence-corrected chi connectivity index (χ2v) is 4.44. The number of hydrogen-bond acceptors (Lipinski definition) is 2. The van der Waals surface area contributed by atoms with Crippen molar-refractivity contribution in [2.75, 3.05) is 0 Å². The Morgan fingerprint density at radius 2 is 1.80 bits per heavy atom. The van der Waals surface area contributed by atoms with Gasteiger partial charge in [-0.15, -0.1) is 5.10 Å². The molecule has 102 valence electrons. The summed E-state index contributed by atoms with van der Waals surface area (Å²) in [5.74, 6) is 0.0761. The van der Waals surface area contributed by atoms with Gasteiger partial charge in [-0.2, -0.15) is 13.2 Å². The van der Waals surface area contributed by atoms with Gasteiger partial charge in [0.2, 0.25) is 0 Å². The molecule has 0 spiro atoms. The zero-order valence-electron chi connectivity index (χ0n) is 10.5. The lowest BCUT2D eigenvalue weighted by atomic mass is 10.1. The topological polar surface area (TPSA) is 30.2 Å². The Hall–Kier alpha value is -2.37. The number of rotatable bonds is 1. The SMILES string of the molecule is Cc1cccn2nc(-c3ccccc3C(F)(F)F)nc12. The van der Waals surface area contributed by atoms with Crippen molar-refractivity contribution < 1.29 is 13.2 Å². The molecule has 0 fully saturated rings. The van der Waals surface area contributed by atoms with Gasteiger partial charge in [0.25, 0.3) is 0 Å². The molecule has 0 aliphatic carbocycles. The second kappa shape index (κ2) is 4.33. The summed E-state index contributed by atoms with van der Waals surface area (Å²) in [4.78, 5) is 4.21. The Morgan fingerprint density at radius 3 is 2.50 bits per heavy atom. The maximum Gasteiger partial charge on any atom is 0.417 e. The van der Waals surface area contributed by atoms with Gasteiger partial charge in [-0.1, -0.05) is 24.3 Å². The van der Waals surface area contributed by atoms with Crippen LogP contribution in [0.5, 0.6) is 0 Å². The van der Waals surface area contributed by atoms with Gasteiger partial charge in [-0.05, 0) is 24.6 Å². The molecule has 20 heavy (non-hydrogen) atoms. The van der Waals surface area contributed by atoms with E-state index in [-0.39, 0.29) is 11.4 Å². The average molecular weight is 277 g/mol. The van der Waals surface area contributed by atoms with E-state index in [1.165, 1.54) is 16.6 Å². The minimum absolute atomic E-state index is 0.0110. The Morgan fingerprint density at radius 1 is 1.05 bits per heavy atom. The van der Waals surface area contributed by atoms with Gasteiger partial charge in [0.15, 0.2) is 11.5 Å². The van der Waals surface area contributed by atoms with Crippen molar-refractivity contribution in [3.63, 3.8) is 0 Å². The van der Waals surface area contributed by atoms with Crippen LogP contribution in [0.1, 0.15) is 11.1 Å². The van der Waals surface area contributed by atoms with Crippen LogP contribution in [0, 0.1) is 6.92 Å².